The highest BCUT2D eigenvalue weighted by molar-refractivity contribution is 5.77. The van der Waals surface area contributed by atoms with Crippen LogP contribution >= 0.6 is 0 Å². The van der Waals surface area contributed by atoms with Crippen molar-refractivity contribution >= 4 is 23.0 Å². The average molecular weight is 521 g/mol. The summed E-state index contributed by atoms with van der Waals surface area (Å²) in [5.41, 5.74) is 1.62. The van der Waals surface area contributed by atoms with Gasteiger partial charge >= 0.3 is 6.18 Å². The minimum absolute atomic E-state index is 0.00836. The van der Waals surface area contributed by atoms with Crippen molar-refractivity contribution in [2.24, 2.45) is 0 Å². The molecule has 11 heteroatoms. The Morgan fingerprint density at radius 1 is 1.05 bits per heavy atom. The number of aryl methyl sites for hydroxylation is 1. The molecule has 200 valence electrons. The number of nitrogens with zero attached hydrogens (tertiary/aromatic N) is 3. The summed E-state index contributed by atoms with van der Waals surface area (Å²) in [5, 5.41) is 14.4. The van der Waals surface area contributed by atoms with E-state index in [0.717, 1.165) is 43.5 Å². The predicted molar refractivity (Wildman–Crippen MR) is 134 cm³/mol. The second-order valence-electron chi connectivity index (χ2n) is 9.60. The molecular formula is C26H31F3N4O4. The zero-order chi connectivity index (χ0) is 26.6. The SMILES string of the molecule is Cc1cc(NC2CCC(OCC(=O)N3CCN(c4ccc(C(F)(F)F)cc4)CC3)CC2)ccc1[N+](=O)[O-]. The molecule has 1 aliphatic carbocycles. The number of alkyl halides is 3. The van der Waals surface area contributed by atoms with Gasteiger partial charge in [-0.1, -0.05) is 0 Å². The zero-order valence-electron chi connectivity index (χ0n) is 20.7. The predicted octanol–water partition coefficient (Wildman–Crippen LogP) is 5.01. The average Bonchev–Trinajstić information content (AvgIpc) is 2.87. The number of hydrogen-bond donors (Lipinski definition) is 1. The minimum atomic E-state index is -4.36. The van der Waals surface area contributed by atoms with Crippen molar-refractivity contribution in [1.82, 2.24) is 4.90 Å². The largest absolute Gasteiger partial charge is 0.416 e. The van der Waals surface area contributed by atoms with Crippen LogP contribution in [-0.2, 0) is 15.7 Å². The van der Waals surface area contributed by atoms with Gasteiger partial charge in [-0.25, -0.2) is 0 Å². The van der Waals surface area contributed by atoms with E-state index in [2.05, 4.69) is 5.32 Å². The first-order valence-corrected chi connectivity index (χ1v) is 12.4. The number of halogens is 3. The third-order valence-electron chi connectivity index (χ3n) is 7.07. The number of amides is 1. The van der Waals surface area contributed by atoms with Gasteiger partial charge in [0, 0.05) is 55.2 Å². The second-order valence-corrected chi connectivity index (χ2v) is 9.60. The van der Waals surface area contributed by atoms with Crippen LogP contribution in [0.1, 0.15) is 36.8 Å². The summed E-state index contributed by atoms with van der Waals surface area (Å²) >= 11 is 0. The van der Waals surface area contributed by atoms with E-state index in [0.29, 0.717) is 37.4 Å². The van der Waals surface area contributed by atoms with E-state index in [1.54, 1.807) is 24.0 Å². The molecule has 0 atom stereocenters. The van der Waals surface area contributed by atoms with Crippen molar-refractivity contribution in [2.75, 3.05) is 43.0 Å². The molecule has 1 saturated heterocycles. The lowest BCUT2D eigenvalue weighted by molar-refractivity contribution is -0.385. The first kappa shape index (κ1) is 26.7. The van der Waals surface area contributed by atoms with Crippen LogP contribution < -0.4 is 10.2 Å². The molecule has 0 radical (unpaired) electrons. The second kappa shape index (κ2) is 11.4. The topological polar surface area (TPSA) is 88.0 Å². The lowest BCUT2D eigenvalue weighted by atomic mass is 9.92. The fraction of sp³-hybridized carbons (Fsp3) is 0.500. The zero-order valence-corrected chi connectivity index (χ0v) is 20.7. The molecule has 2 aromatic carbocycles. The van der Waals surface area contributed by atoms with Gasteiger partial charge in [0.05, 0.1) is 16.6 Å². The number of nitro groups is 1. The number of piperazine rings is 1. The summed E-state index contributed by atoms with van der Waals surface area (Å²) in [6.07, 6.45) is -0.960. The summed E-state index contributed by atoms with van der Waals surface area (Å²) < 4.78 is 44.2. The van der Waals surface area contributed by atoms with E-state index in [-0.39, 0.29) is 35.3 Å². The molecule has 0 spiro atoms. The molecule has 37 heavy (non-hydrogen) atoms. The molecule has 2 aliphatic rings. The van der Waals surface area contributed by atoms with E-state index >= 15 is 0 Å². The molecule has 2 fully saturated rings. The molecule has 2 aromatic rings. The molecule has 0 bridgehead atoms. The Balaban J connectivity index is 1.16. The molecule has 4 rings (SSSR count). The van der Waals surface area contributed by atoms with Gasteiger partial charge in [-0.3, -0.25) is 14.9 Å². The summed E-state index contributed by atoms with van der Waals surface area (Å²) in [6, 6.07) is 10.4. The number of nitro benzene ring substituents is 1. The Labute approximate surface area is 213 Å². The van der Waals surface area contributed by atoms with Gasteiger partial charge in [0.1, 0.15) is 6.61 Å². The number of benzene rings is 2. The number of carbonyl (C=O) groups excluding carboxylic acids is 1. The molecule has 1 heterocycles. The van der Waals surface area contributed by atoms with Gasteiger partial charge in [0.15, 0.2) is 0 Å². The third kappa shape index (κ3) is 6.91. The minimum Gasteiger partial charge on any atom is -0.382 e. The van der Waals surface area contributed by atoms with E-state index in [1.165, 1.54) is 18.2 Å². The van der Waals surface area contributed by atoms with Crippen molar-refractivity contribution in [3.05, 3.63) is 63.7 Å². The molecule has 1 N–H and O–H groups in total. The van der Waals surface area contributed by atoms with Gasteiger partial charge in [-0.15, -0.1) is 0 Å². The molecule has 1 amide bonds. The van der Waals surface area contributed by atoms with Gasteiger partial charge < -0.3 is 19.9 Å². The van der Waals surface area contributed by atoms with Crippen molar-refractivity contribution in [1.29, 1.82) is 0 Å². The standard InChI is InChI=1S/C26H31F3N4O4/c1-18-16-21(6-11-24(18)33(35)36)30-20-4-9-23(10-5-20)37-17-25(34)32-14-12-31(13-15-32)22-7-2-19(3-8-22)26(27,28)29/h2-3,6-8,11,16,20,23,30H,4-5,9-10,12-15,17H2,1H3. The Hall–Kier alpha value is -3.34. The molecule has 0 unspecified atom stereocenters. The van der Waals surface area contributed by atoms with E-state index in [9.17, 15) is 28.1 Å². The number of rotatable bonds is 7. The molecular weight excluding hydrogens is 489 g/mol. The monoisotopic (exact) mass is 520 g/mol. The first-order valence-electron chi connectivity index (χ1n) is 12.4. The fourth-order valence-electron chi connectivity index (χ4n) is 4.92. The van der Waals surface area contributed by atoms with E-state index in [1.807, 2.05) is 4.90 Å². The number of nitrogens with one attached hydrogen (secondary N) is 1. The Morgan fingerprint density at radius 2 is 1.70 bits per heavy atom. The molecule has 1 aliphatic heterocycles. The number of hydrogen-bond acceptors (Lipinski definition) is 6. The lowest BCUT2D eigenvalue weighted by Crippen LogP contribution is -2.50. The lowest BCUT2D eigenvalue weighted by Gasteiger charge is -2.36. The van der Waals surface area contributed by atoms with Gasteiger partial charge in [0.25, 0.3) is 5.69 Å². The Morgan fingerprint density at radius 3 is 2.27 bits per heavy atom. The van der Waals surface area contributed by atoms with Gasteiger partial charge in [-0.2, -0.15) is 13.2 Å². The summed E-state index contributed by atoms with van der Waals surface area (Å²) in [6.45, 7) is 3.83. The van der Waals surface area contributed by atoms with Gasteiger partial charge in [0.2, 0.25) is 5.91 Å². The molecule has 1 saturated carbocycles. The molecule has 0 aromatic heterocycles. The Kier molecular flexibility index (Phi) is 8.21. The smallest absolute Gasteiger partial charge is 0.382 e. The maximum atomic E-state index is 12.8. The van der Waals surface area contributed by atoms with Crippen molar-refractivity contribution in [3.8, 4) is 0 Å². The Bertz CT molecular complexity index is 1090. The van der Waals surface area contributed by atoms with Crippen LogP contribution in [-0.4, -0.2) is 60.7 Å². The van der Waals surface area contributed by atoms with Crippen LogP contribution in [0, 0.1) is 17.0 Å². The summed E-state index contributed by atoms with van der Waals surface area (Å²) in [7, 11) is 0. The fourth-order valence-corrected chi connectivity index (χ4v) is 4.92. The van der Waals surface area contributed by atoms with E-state index in [4.69, 9.17) is 4.74 Å². The maximum absolute atomic E-state index is 12.8. The van der Waals surface area contributed by atoms with Crippen molar-refractivity contribution in [2.45, 2.75) is 50.9 Å². The van der Waals surface area contributed by atoms with Crippen LogP contribution in [0.2, 0.25) is 0 Å². The maximum Gasteiger partial charge on any atom is 0.416 e. The van der Waals surface area contributed by atoms with Crippen molar-refractivity contribution in [3.63, 3.8) is 0 Å². The highest BCUT2D eigenvalue weighted by atomic mass is 19.4. The van der Waals surface area contributed by atoms with Crippen LogP contribution in [0.4, 0.5) is 30.2 Å². The van der Waals surface area contributed by atoms with Crippen LogP contribution in [0.15, 0.2) is 42.5 Å². The van der Waals surface area contributed by atoms with Crippen LogP contribution in [0.3, 0.4) is 0 Å². The normalized spacial score (nSPS) is 20.5. The summed E-state index contributed by atoms with van der Waals surface area (Å²) in [4.78, 5) is 27.0. The quantitative estimate of drug-likeness (QED) is 0.408. The van der Waals surface area contributed by atoms with E-state index < -0.39 is 11.7 Å². The molecule has 8 nitrogen and oxygen atoms in total. The first-order chi connectivity index (χ1) is 17.6. The van der Waals surface area contributed by atoms with Crippen LogP contribution in [0.25, 0.3) is 0 Å². The number of carbonyl (C=O) groups is 1. The van der Waals surface area contributed by atoms with Crippen LogP contribution in [0.5, 0.6) is 0 Å². The van der Waals surface area contributed by atoms with Crippen molar-refractivity contribution < 1.29 is 27.6 Å². The highest BCUT2D eigenvalue weighted by Gasteiger charge is 2.30. The highest BCUT2D eigenvalue weighted by Crippen LogP contribution is 2.31. The summed E-state index contributed by atoms with van der Waals surface area (Å²) in [5.74, 6) is -0.0753. The third-order valence-corrected chi connectivity index (χ3v) is 7.07. The van der Waals surface area contributed by atoms with Gasteiger partial charge in [-0.05, 0) is 69.0 Å². The number of anilines is 2. The number of ether oxygens (including phenoxy) is 1.